The highest BCUT2D eigenvalue weighted by atomic mass is 19.1. The Morgan fingerprint density at radius 2 is 1.80 bits per heavy atom. The van der Waals surface area contributed by atoms with Gasteiger partial charge < -0.3 is 5.11 Å². The van der Waals surface area contributed by atoms with E-state index >= 15 is 0 Å². The van der Waals surface area contributed by atoms with Gasteiger partial charge in [0, 0.05) is 6.21 Å². The zero-order valence-electron chi connectivity index (χ0n) is 13.2. The summed E-state index contributed by atoms with van der Waals surface area (Å²) < 4.78 is 14.7. The molecule has 0 spiro atoms. The van der Waals surface area contributed by atoms with E-state index in [2.05, 4.69) is 9.98 Å². The Balaban J connectivity index is 2.18. The standard InChI is InChI=1S/C18H14FN3O3/c1-11-6-2-4-8-14(11)20-10-12-16(23)21-18(25)22(17(12)24)15-9-5-3-7-13(15)19/h2-10,24H,1H3,(H,21,23,25). The summed E-state index contributed by atoms with van der Waals surface area (Å²) in [7, 11) is 0. The van der Waals surface area contributed by atoms with Gasteiger partial charge in [0.25, 0.3) is 5.56 Å². The van der Waals surface area contributed by atoms with Crippen LogP contribution in [-0.2, 0) is 0 Å². The number of hydrogen-bond acceptors (Lipinski definition) is 4. The van der Waals surface area contributed by atoms with Gasteiger partial charge in [-0.05, 0) is 30.7 Å². The topological polar surface area (TPSA) is 87.4 Å². The number of H-pyrrole nitrogens is 1. The van der Waals surface area contributed by atoms with Crippen LogP contribution in [0.4, 0.5) is 10.1 Å². The summed E-state index contributed by atoms with van der Waals surface area (Å²) in [6.07, 6.45) is 1.15. The molecule has 3 rings (SSSR count). The molecule has 0 atom stereocenters. The van der Waals surface area contributed by atoms with Gasteiger partial charge >= 0.3 is 5.69 Å². The molecule has 1 heterocycles. The number of aryl methyl sites for hydroxylation is 1. The largest absolute Gasteiger partial charge is 0.493 e. The smallest absolute Gasteiger partial charge is 0.335 e. The number of aromatic amines is 1. The summed E-state index contributed by atoms with van der Waals surface area (Å²) in [5.41, 5.74) is -0.701. The van der Waals surface area contributed by atoms with E-state index in [0.29, 0.717) is 10.3 Å². The van der Waals surface area contributed by atoms with E-state index in [9.17, 15) is 19.1 Å². The predicted molar refractivity (Wildman–Crippen MR) is 92.7 cm³/mol. The molecule has 0 unspecified atom stereocenters. The third-order valence-corrected chi connectivity index (χ3v) is 3.66. The van der Waals surface area contributed by atoms with E-state index in [1.165, 1.54) is 18.2 Å². The van der Waals surface area contributed by atoms with Crippen molar-refractivity contribution in [3.8, 4) is 11.6 Å². The van der Waals surface area contributed by atoms with Crippen LogP contribution >= 0.6 is 0 Å². The lowest BCUT2D eigenvalue weighted by Gasteiger charge is -2.10. The van der Waals surface area contributed by atoms with Crippen molar-refractivity contribution in [3.05, 3.63) is 86.3 Å². The molecule has 0 amide bonds. The maximum absolute atomic E-state index is 14.0. The molecule has 3 aromatic rings. The lowest BCUT2D eigenvalue weighted by molar-refractivity contribution is 0.427. The number of rotatable bonds is 3. The van der Waals surface area contributed by atoms with Crippen LogP contribution in [0.2, 0.25) is 0 Å². The number of hydrogen-bond donors (Lipinski definition) is 2. The van der Waals surface area contributed by atoms with Crippen molar-refractivity contribution >= 4 is 11.9 Å². The third-order valence-electron chi connectivity index (χ3n) is 3.66. The van der Waals surface area contributed by atoms with Crippen molar-refractivity contribution in [2.24, 2.45) is 4.99 Å². The van der Waals surface area contributed by atoms with Crippen LogP contribution < -0.4 is 11.2 Å². The average molecular weight is 339 g/mol. The number of para-hydroxylation sites is 2. The molecule has 1 aromatic heterocycles. The summed E-state index contributed by atoms with van der Waals surface area (Å²) in [6.45, 7) is 1.84. The van der Waals surface area contributed by atoms with E-state index in [1.54, 1.807) is 12.1 Å². The number of aromatic nitrogens is 2. The molecule has 0 bridgehead atoms. The van der Waals surface area contributed by atoms with Crippen molar-refractivity contribution in [1.82, 2.24) is 9.55 Å². The van der Waals surface area contributed by atoms with Crippen molar-refractivity contribution in [2.75, 3.05) is 0 Å². The Labute approximate surface area is 141 Å². The number of nitrogens with one attached hydrogen (secondary N) is 1. The monoisotopic (exact) mass is 339 g/mol. The molecule has 2 N–H and O–H groups in total. The maximum atomic E-state index is 14.0. The minimum absolute atomic E-state index is 0.174. The Morgan fingerprint density at radius 1 is 1.12 bits per heavy atom. The Morgan fingerprint density at radius 3 is 2.52 bits per heavy atom. The van der Waals surface area contributed by atoms with Crippen LogP contribution in [0, 0.1) is 12.7 Å². The molecule has 7 heteroatoms. The van der Waals surface area contributed by atoms with Gasteiger partial charge in [-0.1, -0.05) is 30.3 Å². The summed E-state index contributed by atoms with van der Waals surface area (Å²) in [5.74, 6) is -1.40. The molecule has 0 saturated heterocycles. The second kappa shape index (κ2) is 6.56. The van der Waals surface area contributed by atoms with Crippen LogP contribution in [0.1, 0.15) is 11.1 Å². The van der Waals surface area contributed by atoms with Crippen LogP contribution in [0.5, 0.6) is 5.88 Å². The molecular formula is C18H14FN3O3. The number of aliphatic imine (C=N–C) groups is 1. The summed E-state index contributed by atoms with van der Waals surface area (Å²) in [4.78, 5) is 30.3. The lowest BCUT2D eigenvalue weighted by Crippen LogP contribution is -2.31. The van der Waals surface area contributed by atoms with E-state index < -0.39 is 22.9 Å². The van der Waals surface area contributed by atoms with Gasteiger partial charge in [0.1, 0.15) is 11.4 Å². The number of halogens is 1. The maximum Gasteiger partial charge on any atom is 0.335 e. The van der Waals surface area contributed by atoms with Crippen LogP contribution in [-0.4, -0.2) is 20.9 Å². The molecule has 0 aliphatic rings. The Bertz CT molecular complexity index is 1080. The Kier molecular flexibility index (Phi) is 4.30. The lowest BCUT2D eigenvalue weighted by atomic mass is 10.2. The molecule has 0 aliphatic heterocycles. The van der Waals surface area contributed by atoms with Gasteiger partial charge in [-0.25, -0.2) is 13.8 Å². The minimum atomic E-state index is -0.944. The van der Waals surface area contributed by atoms with Gasteiger partial charge in [0.05, 0.1) is 11.4 Å². The predicted octanol–water partition coefficient (Wildman–Crippen LogP) is 2.43. The fourth-order valence-electron chi connectivity index (χ4n) is 2.35. The van der Waals surface area contributed by atoms with Gasteiger partial charge in [0.15, 0.2) is 0 Å². The number of benzene rings is 2. The summed E-state index contributed by atoms with van der Waals surface area (Å²) in [5, 5.41) is 10.4. The number of nitrogens with zero attached hydrogens (tertiary/aromatic N) is 2. The summed E-state index contributed by atoms with van der Waals surface area (Å²) in [6, 6.07) is 12.6. The molecule has 0 radical (unpaired) electrons. The fourth-order valence-corrected chi connectivity index (χ4v) is 2.35. The molecule has 126 valence electrons. The first kappa shape index (κ1) is 16.4. The third kappa shape index (κ3) is 3.12. The van der Waals surface area contributed by atoms with Gasteiger partial charge in [-0.2, -0.15) is 0 Å². The second-order valence-electron chi connectivity index (χ2n) is 5.33. The molecule has 0 fully saturated rings. The van der Waals surface area contributed by atoms with Gasteiger partial charge in [0.2, 0.25) is 5.88 Å². The first-order valence-electron chi connectivity index (χ1n) is 7.42. The van der Waals surface area contributed by atoms with Crippen LogP contribution in [0.25, 0.3) is 5.69 Å². The zero-order chi connectivity index (χ0) is 18.0. The van der Waals surface area contributed by atoms with Gasteiger partial charge in [-0.3, -0.25) is 14.8 Å². The van der Waals surface area contributed by atoms with Crippen molar-refractivity contribution in [1.29, 1.82) is 0 Å². The summed E-state index contributed by atoms with van der Waals surface area (Å²) >= 11 is 0. The van der Waals surface area contributed by atoms with E-state index in [-0.39, 0.29) is 11.3 Å². The van der Waals surface area contributed by atoms with Gasteiger partial charge in [-0.15, -0.1) is 0 Å². The van der Waals surface area contributed by atoms with Crippen molar-refractivity contribution in [2.45, 2.75) is 6.92 Å². The molecule has 2 aromatic carbocycles. The highest BCUT2D eigenvalue weighted by Gasteiger charge is 2.16. The molecule has 25 heavy (non-hydrogen) atoms. The fraction of sp³-hybridized carbons (Fsp3) is 0.0556. The van der Waals surface area contributed by atoms with E-state index in [4.69, 9.17) is 0 Å². The molecule has 0 saturated carbocycles. The number of aromatic hydroxyl groups is 1. The quantitative estimate of drug-likeness (QED) is 0.719. The Hall–Kier alpha value is -3.48. The molecular weight excluding hydrogens is 325 g/mol. The first-order chi connectivity index (χ1) is 12.0. The zero-order valence-corrected chi connectivity index (χ0v) is 13.2. The highest BCUT2D eigenvalue weighted by molar-refractivity contribution is 5.84. The van der Waals surface area contributed by atoms with E-state index in [0.717, 1.165) is 17.8 Å². The minimum Gasteiger partial charge on any atom is -0.493 e. The SMILES string of the molecule is Cc1ccccc1N=Cc1c(O)n(-c2ccccc2F)c(=O)[nH]c1=O. The van der Waals surface area contributed by atoms with Crippen LogP contribution in [0.3, 0.4) is 0 Å². The average Bonchev–Trinajstić information content (AvgIpc) is 2.57. The highest BCUT2D eigenvalue weighted by Crippen LogP contribution is 2.20. The normalized spacial score (nSPS) is 11.1. The van der Waals surface area contributed by atoms with Crippen molar-refractivity contribution in [3.63, 3.8) is 0 Å². The second-order valence-corrected chi connectivity index (χ2v) is 5.33. The van der Waals surface area contributed by atoms with Crippen molar-refractivity contribution < 1.29 is 9.50 Å². The van der Waals surface area contributed by atoms with E-state index in [1.807, 2.05) is 19.1 Å². The molecule has 6 nitrogen and oxygen atoms in total. The first-order valence-corrected chi connectivity index (χ1v) is 7.42. The van der Waals surface area contributed by atoms with Crippen LogP contribution in [0.15, 0.2) is 63.1 Å². The molecule has 0 aliphatic carbocycles.